The highest BCUT2D eigenvalue weighted by atomic mass is 16.2. The fourth-order valence-corrected chi connectivity index (χ4v) is 4.04. The van der Waals surface area contributed by atoms with Crippen molar-refractivity contribution >= 4 is 17.5 Å². The molecule has 1 amide bonds. The number of hydrogen-bond acceptors (Lipinski definition) is 6. The summed E-state index contributed by atoms with van der Waals surface area (Å²) in [5.74, 6) is 0.505. The standard InChI is InChI=1S/C23H26N6O2/c1-3-29(18-9-5-4-6-10-18)22(31)17-8-7-13-28(15-17)23-26-20(14-21(30)27(23)2)19-11-12-24-16-25-19/h4-6,9-12,14,16-17H,3,7-8,13,15H2,1-2H3. The van der Waals surface area contributed by atoms with Gasteiger partial charge in [0.05, 0.1) is 17.3 Å². The van der Waals surface area contributed by atoms with E-state index in [4.69, 9.17) is 4.98 Å². The maximum atomic E-state index is 13.3. The maximum absolute atomic E-state index is 13.3. The summed E-state index contributed by atoms with van der Waals surface area (Å²) >= 11 is 0. The predicted molar refractivity (Wildman–Crippen MR) is 120 cm³/mol. The third-order valence-corrected chi connectivity index (χ3v) is 5.66. The highest BCUT2D eigenvalue weighted by molar-refractivity contribution is 5.95. The molecule has 160 valence electrons. The Morgan fingerprint density at radius 3 is 2.71 bits per heavy atom. The van der Waals surface area contributed by atoms with Crippen LogP contribution in [0.3, 0.4) is 0 Å². The number of anilines is 2. The van der Waals surface area contributed by atoms with Gasteiger partial charge in [0.1, 0.15) is 6.33 Å². The predicted octanol–water partition coefficient (Wildman–Crippen LogP) is 2.51. The van der Waals surface area contributed by atoms with Crippen LogP contribution in [0.15, 0.2) is 59.8 Å². The summed E-state index contributed by atoms with van der Waals surface area (Å²) in [7, 11) is 1.71. The van der Waals surface area contributed by atoms with Gasteiger partial charge in [0, 0.05) is 44.6 Å². The maximum Gasteiger partial charge on any atom is 0.255 e. The monoisotopic (exact) mass is 418 g/mol. The Morgan fingerprint density at radius 2 is 2.00 bits per heavy atom. The first kappa shape index (κ1) is 20.7. The molecule has 0 N–H and O–H groups in total. The number of carbonyl (C=O) groups excluding carboxylic acids is 1. The number of nitrogens with zero attached hydrogens (tertiary/aromatic N) is 6. The second-order valence-electron chi connectivity index (χ2n) is 7.64. The Labute approximate surface area is 181 Å². The molecular weight excluding hydrogens is 392 g/mol. The number of hydrogen-bond donors (Lipinski definition) is 0. The topological polar surface area (TPSA) is 84.2 Å². The first-order valence-corrected chi connectivity index (χ1v) is 10.5. The third-order valence-electron chi connectivity index (χ3n) is 5.66. The van der Waals surface area contributed by atoms with Gasteiger partial charge in [0.2, 0.25) is 11.9 Å². The number of piperidine rings is 1. The molecule has 3 aromatic rings. The Hall–Kier alpha value is -3.55. The van der Waals surface area contributed by atoms with E-state index in [0.717, 1.165) is 25.1 Å². The molecule has 1 saturated heterocycles. The minimum absolute atomic E-state index is 0.107. The van der Waals surface area contributed by atoms with Crippen molar-refractivity contribution in [2.45, 2.75) is 19.8 Å². The van der Waals surface area contributed by atoms with Crippen LogP contribution in [-0.2, 0) is 11.8 Å². The summed E-state index contributed by atoms with van der Waals surface area (Å²) in [5, 5.41) is 0. The zero-order valence-electron chi connectivity index (χ0n) is 17.8. The van der Waals surface area contributed by atoms with Gasteiger partial charge in [-0.3, -0.25) is 14.2 Å². The van der Waals surface area contributed by atoms with E-state index in [1.807, 2.05) is 47.1 Å². The van der Waals surface area contributed by atoms with E-state index in [1.54, 1.807) is 19.3 Å². The summed E-state index contributed by atoms with van der Waals surface area (Å²) in [6, 6.07) is 12.9. The molecule has 0 bridgehead atoms. The number of carbonyl (C=O) groups is 1. The van der Waals surface area contributed by atoms with Crippen LogP contribution in [0.25, 0.3) is 11.4 Å². The van der Waals surface area contributed by atoms with Gasteiger partial charge < -0.3 is 9.80 Å². The average molecular weight is 419 g/mol. The van der Waals surface area contributed by atoms with Crippen molar-refractivity contribution in [3.8, 4) is 11.4 Å². The molecule has 0 saturated carbocycles. The van der Waals surface area contributed by atoms with Gasteiger partial charge in [-0.25, -0.2) is 15.0 Å². The van der Waals surface area contributed by atoms with E-state index < -0.39 is 0 Å². The molecule has 8 heteroatoms. The van der Waals surface area contributed by atoms with Crippen LogP contribution in [0.4, 0.5) is 11.6 Å². The minimum atomic E-state index is -0.161. The fraction of sp³-hybridized carbons (Fsp3) is 0.348. The Bertz CT molecular complexity index is 1100. The van der Waals surface area contributed by atoms with Gasteiger partial charge in [-0.05, 0) is 38.0 Å². The molecule has 4 rings (SSSR count). The highest BCUT2D eigenvalue weighted by Gasteiger charge is 2.31. The van der Waals surface area contributed by atoms with Gasteiger partial charge in [-0.1, -0.05) is 18.2 Å². The molecule has 0 aliphatic carbocycles. The van der Waals surface area contributed by atoms with Gasteiger partial charge in [0.15, 0.2) is 0 Å². The lowest BCUT2D eigenvalue weighted by atomic mass is 9.96. The van der Waals surface area contributed by atoms with Crippen molar-refractivity contribution in [2.24, 2.45) is 13.0 Å². The van der Waals surface area contributed by atoms with Crippen molar-refractivity contribution in [3.05, 3.63) is 65.3 Å². The van der Waals surface area contributed by atoms with Crippen LogP contribution in [0, 0.1) is 5.92 Å². The summed E-state index contributed by atoms with van der Waals surface area (Å²) in [5.41, 5.74) is 1.85. The summed E-state index contributed by atoms with van der Waals surface area (Å²) in [6.07, 6.45) is 4.74. The smallest absolute Gasteiger partial charge is 0.255 e. The molecule has 31 heavy (non-hydrogen) atoms. The van der Waals surface area contributed by atoms with Crippen LogP contribution in [0.5, 0.6) is 0 Å². The van der Waals surface area contributed by atoms with Crippen molar-refractivity contribution in [3.63, 3.8) is 0 Å². The number of amides is 1. The zero-order valence-corrected chi connectivity index (χ0v) is 17.8. The second-order valence-corrected chi connectivity index (χ2v) is 7.64. The summed E-state index contributed by atoms with van der Waals surface area (Å²) < 4.78 is 1.53. The van der Waals surface area contributed by atoms with Gasteiger partial charge in [-0.2, -0.15) is 0 Å². The Kier molecular flexibility index (Phi) is 6.06. The lowest BCUT2D eigenvalue weighted by molar-refractivity contribution is -0.122. The molecule has 1 aromatic carbocycles. The molecule has 8 nitrogen and oxygen atoms in total. The van der Waals surface area contributed by atoms with Gasteiger partial charge in [0.25, 0.3) is 5.56 Å². The first-order chi connectivity index (χ1) is 15.1. The first-order valence-electron chi connectivity index (χ1n) is 10.5. The molecule has 1 aliphatic heterocycles. The molecule has 1 unspecified atom stereocenters. The molecule has 2 aromatic heterocycles. The van der Waals surface area contributed by atoms with E-state index in [2.05, 4.69) is 9.97 Å². The van der Waals surface area contributed by atoms with E-state index in [9.17, 15) is 9.59 Å². The van der Waals surface area contributed by atoms with E-state index in [0.29, 0.717) is 30.4 Å². The van der Waals surface area contributed by atoms with E-state index in [1.165, 1.54) is 17.0 Å². The number of benzene rings is 1. The average Bonchev–Trinajstić information content (AvgIpc) is 2.82. The van der Waals surface area contributed by atoms with E-state index in [-0.39, 0.29) is 17.4 Å². The van der Waals surface area contributed by atoms with Crippen LogP contribution in [-0.4, -0.2) is 45.1 Å². The molecule has 0 radical (unpaired) electrons. The molecule has 1 aliphatic rings. The van der Waals surface area contributed by atoms with Crippen molar-refractivity contribution in [1.82, 2.24) is 19.5 Å². The lowest BCUT2D eigenvalue weighted by Crippen LogP contribution is -2.46. The van der Waals surface area contributed by atoms with Crippen LogP contribution < -0.4 is 15.4 Å². The third kappa shape index (κ3) is 4.33. The van der Waals surface area contributed by atoms with Crippen LogP contribution in [0.2, 0.25) is 0 Å². The van der Waals surface area contributed by atoms with Crippen molar-refractivity contribution in [2.75, 3.05) is 29.4 Å². The Balaban J connectivity index is 1.61. The SMILES string of the molecule is CCN(C(=O)C1CCCN(c2nc(-c3ccncn3)cc(=O)n2C)C1)c1ccccc1. The number of rotatable bonds is 5. The van der Waals surface area contributed by atoms with Crippen molar-refractivity contribution in [1.29, 1.82) is 0 Å². The molecular formula is C23H26N6O2. The van der Waals surface area contributed by atoms with Crippen molar-refractivity contribution < 1.29 is 4.79 Å². The lowest BCUT2D eigenvalue weighted by Gasteiger charge is -2.35. The minimum Gasteiger partial charge on any atom is -0.341 e. The normalized spacial score (nSPS) is 16.2. The van der Waals surface area contributed by atoms with Gasteiger partial charge in [-0.15, -0.1) is 0 Å². The summed E-state index contributed by atoms with van der Waals surface area (Å²) in [6.45, 7) is 3.87. The fourth-order valence-electron chi connectivity index (χ4n) is 4.04. The largest absolute Gasteiger partial charge is 0.341 e. The molecule has 1 atom stereocenters. The van der Waals surface area contributed by atoms with E-state index >= 15 is 0 Å². The number of para-hydroxylation sites is 1. The molecule has 1 fully saturated rings. The quantitative estimate of drug-likeness (QED) is 0.633. The van der Waals surface area contributed by atoms with Crippen LogP contribution in [0.1, 0.15) is 19.8 Å². The highest BCUT2D eigenvalue weighted by Crippen LogP contribution is 2.26. The second kappa shape index (κ2) is 9.07. The zero-order chi connectivity index (χ0) is 21.8. The molecule has 3 heterocycles. The number of aromatic nitrogens is 4. The summed E-state index contributed by atoms with van der Waals surface area (Å²) in [4.78, 5) is 42.7. The van der Waals surface area contributed by atoms with Gasteiger partial charge >= 0.3 is 0 Å². The molecule has 0 spiro atoms. The Morgan fingerprint density at radius 1 is 1.19 bits per heavy atom. The van der Waals surface area contributed by atoms with Crippen LogP contribution >= 0.6 is 0 Å².